The van der Waals surface area contributed by atoms with Crippen molar-refractivity contribution in [2.24, 2.45) is 5.92 Å². The number of hydrogen-bond acceptors (Lipinski definition) is 2. The van der Waals surface area contributed by atoms with Gasteiger partial charge >= 0.3 is 5.97 Å². The quantitative estimate of drug-likeness (QED) is 0.888. The van der Waals surface area contributed by atoms with Crippen LogP contribution in [0, 0.1) is 11.7 Å². The number of ether oxygens (including phenoxy) is 1. The summed E-state index contributed by atoms with van der Waals surface area (Å²) in [6.07, 6.45) is 4.23. The first-order chi connectivity index (χ1) is 9.13. The molecule has 0 heterocycles. The van der Waals surface area contributed by atoms with Gasteiger partial charge in [0, 0.05) is 5.56 Å². The summed E-state index contributed by atoms with van der Waals surface area (Å²) in [6, 6.07) is 4.59. The number of para-hydroxylation sites is 1. The Morgan fingerprint density at radius 3 is 2.68 bits per heavy atom. The van der Waals surface area contributed by atoms with Crippen LogP contribution in [0.4, 0.5) is 4.39 Å². The molecule has 1 aromatic rings. The highest BCUT2D eigenvalue weighted by atomic mass is 19.1. The number of carboxylic acids is 1. The second-order valence-corrected chi connectivity index (χ2v) is 5.61. The average Bonchev–Trinajstić information content (AvgIpc) is 3.10. The molecule has 1 N–H and O–H groups in total. The molecule has 0 radical (unpaired) electrons. The Bertz CT molecular complexity index is 504. The molecule has 0 spiro atoms. The first-order valence-corrected chi connectivity index (χ1v) is 6.79. The summed E-state index contributed by atoms with van der Waals surface area (Å²) in [4.78, 5) is 11.5. The lowest BCUT2D eigenvalue weighted by atomic mass is 9.64. The summed E-state index contributed by atoms with van der Waals surface area (Å²) in [5.41, 5.74) is -0.437. The summed E-state index contributed by atoms with van der Waals surface area (Å²) in [5, 5.41) is 9.46. The molecule has 3 rings (SSSR count). The Balaban J connectivity index is 1.94. The van der Waals surface area contributed by atoms with Gasteiger partial charge in [0.15, 0.2) is 11.6 Å². The maximum Gasteiger partial charge on any atom is 0.314 e. The minimum Gasteiger partial charge on any atom is -0.490 e. The zero-order valence-corrected chi connectivity index (χ0v) is 10.7. The fourth-order valence-corrected chi connectivity index (χ4v) is 2.65. The van der Waals surface area contributed by atoms with Crippen LogP contribution in [-0.4, -0.2) is 17.7 Å². The minimum absolute atomic E-state index is 0.150. The highest BCUT2D eigenvalue weighted by Gasteiger charge is 2.48. The minimum atomic E-state index is -0.943. The molecule has 4 heteroatoms. The van der Waals surface area contributed by atoms with E-state index in [4.69, 9.17) is 4.74 Å². The first-order valence-electron chi connectivity index (χ1n) is 6.79. The van der Waals surface area contributed by atoms with Crippen LogP contribution in [0.2, 0.25) is 0 Å². The summed E-state index contributed by atoms with van der Waals surface area (Å²) < 4.78 is 19.5. The lowest BCUT2D eigenvalue weighted by Crippen LogP contribution is -2.42. The van der Waals surface area contributed by atoms with Crippen molar-refractivity contribution in [3.05, 3.63) is 29.6 Å². The van der Waals surface area contributed by atoms with Crippen LogP contribution in [0.3, 0.4) is 0 Å². The van der Waals surface area contributed by atoms with Gasteiger partial charge in [0.25, 0.3) is 0 Å². The number of aliphatic carboxylic acids is 1. The van der Waals surface area contributed by atoms with Gasteiger partial charge in [-0.05, 0) is 37.7 Å². The topological polar surface area (TPSA) is 46.5 Å². The van der Waals surface area contributed by atoms with Crippen molar-refractivity contribution in [3.8, 4) is 5.75 Å². The van der Waals surface area contributed by atoms with E-state index in [1.165, 1.54) is 6.07 Å². The third-order valence-corrected chi connectivity index (χ3v) is 4.26. The lowest BCUT2D eigenvalue weighted by Gasteiger charge is -2.39. The molecule has 2 aliphatic carbocycles. The van der Waals surface area contributed by atoms with E-state index in [1.807, 2.05) is 0 Å². The van der Waals surface area contributed by atoms with Crippen LogP contribution in [0.5, 0.6) is 5.75 Å². The standard InChI is InChI=1S/C15H17FO3/c16-12-4-1-3-11(13(12)19-9-10-5-6-10)15(14(17)18)7-2-8-15/h1,3-4,10H,2,5-9H2,(H,17,18). The predicted octanol–water partition coefficient (Wildman–Crippen LogP) is 3.12. The smallest absolute Gasteiger partial charge is 0.314 e. The Hall–Kier alpha value is -1.58. The number of benzene rings is 1. The van der Waals surface area contributed by atoms with Crippen LogP contribution >= 0.6 is 0 Å². The number of hydrogen-bond donors (Lipinski definition) is 1. The van der Waals surface area contributed by atoms with Crippen molar-refractivity contribution < 1.29 is 19.0 Å². The number of halogens is 1. The molecule has 2 aliphatic rings. The van der Waals surface area contributed by atoms with Gasteiger partial charge in [-0.1, -0.05) is 18.6 Å². The molecule has 2 saturated carbocycles. The molecule has 1 aromatic carbocycles. The largest absolute Gasteiger partial charge is 0.490 e. The van der Waals surface area contributed by atoms with E-state index in [1.54, 1.807) is 12.1 Å². The summed E-state index contributed by atoms with van der Waals surface area (Å²) in [6.45, 7) is 0.490. The molecular weight excluding hydrogens is 247 g/mol. The molecule has 2 fully saturated rings. The van der Waals surface area contributed by atoms with Crippen molar-refractivity contribution >= 4 is 5.97 Å². The van der Waals surface area contributed by atoms with Crippen molar-refractivity contribution in [1.29, 1.82) is 0 Å². The van der Waals surface area contributed by atoms with Gasteiger partial charge in [-0.25, -0.2) is 4.39 Å². The monoisotopic (exact) mass is 264 g/mol. The van der Waals surface area contributed by atoms with Crippen LogP contribution in [-0.2, 0) is 10.2 Å². The molecule has 0 amide bonds. The van der Waals surface area contributed by atoms with Gasteiger partial charge in [0.2, 0.25) is 0 Å². The first kappa shape index (κ1) is 12.5. The Morgan fingerprint density at radius 1 is 1.42 bits per heavy atom. The Labute approximate surface area is 111 Å². The van der Waals surface area contributed by atoms with E-state index >= 15 is 0 Å². The molecule has 0 saturated heterocycles. The second-order valence-electron chi connectivity index (χ2n) is 5.61. The summed E-state index contributed by atoms with van der Waals surface area (Å²) >= 11 is 0. The van der Waals surface area contributed by atoms with Crippen molar-refractivity contribution in [3.63, 3.8) is 0 Å². The van der Waals surface area contributed by atoms with E-state index in [0.717, 1.165) is 19.3 Å². The summed E-state index contributed by atoms with van der Waals surface area (Å²) in [5.74, 6) is -0.669. The highest BCUT2D eigenvalue weighted by Crippen LogP contribution is 2.48. The second kappa shape index (κ2) is 4.51. The molecule has 3 nitrogen and oxygen atoms in total. The predicted molar refractivity (Wildman–Crippen MR) is 67.8 cm³/mol. The van der Waals surface area contributed by atoms with Gasteiger partial charge in [-0.15, -0.1) is 0 Å². The van der Waals surface area contributed by atoms with E-state index in [2.05, 4.69) is 0 Å². The summed E-state index contributed by atoms with van der Waals surface area (Å²) in [7, 11) is 0. The van der Waals surface area contributed by atoms with Crippen LogP contribution in [0.25, 0.3) is 0 Å². The van der Waals surface area contributed by atoms with Gasteiger partial charge in [0.05, 0.1) is 12.0 Å². The van der Waals surface area contributed by atoms with Crippen LogP contribution in [0.1, 0.15) is 37.7 Å². The molecule has 0 aliphatic heterocycles. The Kier molecular flexibility index (Phi) is 2.96. The van der Waals surface area contributed by atoms with Crippen molar-refractivity contribution in [2.75, 3.05) is 6.61 Å². The number of carbonyl (C=O) groups is 1. The number of rotatable bonds is 5. The third-order valence-electron chi connectivity index (χ3n) is 4.26. The highest BCUT2D eigenvalue weighted by molar-refractivity contribution is 5.83. The van der Waals surface area contributed by atoms with Crippen molar-refractivity contribution in [2.45, 2.75) is 37.5 Å². The fraction of sp³-hybridized carbons (Fsp3) is 0.533. The molecule has 0 aromatic heterocycles. The molecule has 102 valence electrons. The van der Waals surface area contributed by atoms with Gasteiger partial charge in [0.1, 0.15) is 0 Å². The van der Waals surface area contributed by atoms with Crippen LogP contribution in [0.15, 0.2) is 18.2 Å². The average molecular weight is 264 g/mol. The van der Waals surface area contributed by atoms with E-state index < -0.39 is 17.2 Å². The maximum absolute atomic E-state index is 14.0. The van der Waals surface area contributed by atoms with E-state index in [0.29, 0.717) is 30.9 Å². The SMILES string of the molecule is O=C(O)C1(c2cccc(F)c2OCC2CC2)CCC1. The molecule has 0 bridgehead atoms. The Morgan fingerprint density at radius 2 is 2.16 bits per heavy atom. The lowest BCUT2D eigenvalue weighted by molar-refractivity contribution is -0.147. The number of carboxylic acid groups (broad SMARTS) is 1. The molecular formula is C15H17FO3. The fourth-order valence-electron chi connectivity index (χ4n) is 2.65. The zero-order valence-electron chi connectivity index (χ0n) is 10.7. The normalized spacial score (nSPS) is 20.7. The molecule has 19 heavy (non-hydrogen) atoms. The molecule has 0 unspecified atom stereocenters. The zero-order chi connectivity index (χ0) is 13.5. The third kappa shape index (κ3) is 2.09. The van der Waals surface area contributed by atoms with Crippen LogP contribution < -0.4 is 4.74 Å². The van der Waals surface area contributed by atoms with Gasteiger partial charge < -0.3 is 9.84 Å². The maximum atomic E-state index is 14.0. The van der Waals surface area contributed by atoms with Crippen molar-refractivity contribution in [1.82, 2.24) is 0 Å². The van der Waals surface area contributed by atoms with Gasteiger partial charge in [-0.3, -0.25) is 4.79 Å². The van der Waals surface area contributed by atoms with Gasteiger partial charge in [-0.2, -0.15) is 0 Å². The molecule has 0 atom stereocenters. The van der Waals surface area contributed by atoms with E-state index in [-0.39, 0.29) is 5.75 Å². The van der Waals surface area contributed by atoms with E-state index in [9.17, 15) is 14.3 Å².